The molecule has 0 atom stereocenters. The van der Waals surface area contributed by atoms with Crippen molar-refractivity contribution in [3.05, 3.63) is 0 Å². The standard InChI is InChI=1S/C15H31NO2S2/c1-4-5-6-7-8-9-13-19-20-14-12-18-15(17)10-11-16(2)3/h4-14H2,1-3H3. The first-order valence-corrected chi connectivity index (χ1v) is 10.2. The summed E-state index contributed by atoms with van der Waals surface area (Å²) in [7, 11) is 7.64. The third kappa shape index (κ3) is 16.2. The van der Waals surface area contributed by atoms with Crippen molar-refractivity contribution in [2.75, 3.05) is 38.8 Å². The van der Waals surface area contributed by atoms with Crippen LogP contribution in [0.5, 0.6) is 0 Å². The van der Waals surface area contributed by atoms with Gasteiger partial charge >= 0.3 is 5.97 Å². The summed E-state index contributed by atoms with van der Waals surface area (Å²) in [6.45, 7) is 3.55. The summed E-state index contributed by atoms with van der Waals surface area (Å²) in [5.41, 5.74) is 0. The summed E-state index contributed by atoms with van der Waals surface area (Å²) in [6.07, 6.45) is 8.61. The van der Waals surface area contributed by atoms with Crippen LogP contribution in [0.15, 0.2) is 0 Å². The molecule has 0 aliphatic heterocycles. The van der Waals surface area contributed by atoms with Crippen LogP contribution in [0.2, 0.25) is 0 Å². The molecule has 20 heavy (non-hydrogen) atoms. The predicted octanol–water partition coefficient (Wildman–Crippen LogP) is 4.22. The van der Waals surface area contributed by atoms with E-state index in [9.17, 15) is 4.79 Å². The van der Waals surface area contributed by atoms with Crippen LogP contribution in [0.4, 0.5) is 0 Å². The van der Waals surface area contributed by atoms with Crippen molar-refractivity contribution in [2.24, 2.45) is 0 Å². The van der Waals surface area contributed by atoms with E-state index < -0.39 is 0 Å². The molecule has 0 aliphatic carbocycles. The van der Waals surface area contributed by atoms with Gasteiger partial charge in [-0.15, -0.1) is 0 Å². The molecule has 0 amide bonds. The first-order chi connectivity index (χ1) is 9.66. The summed E-state index contributed by atoms with van der Waals surface area (Å²) in [6, 6.07) is 0. The van der Waals surface area contributed by atoms with Crippen molar-refractivity contribution < 1.29 is 9.53 Å². The molecule has 0 fully saturated rings. The molecule has 0 saturated heterocycles. The number of esters is 1. The molecule has 0 aliphatic rings. The Labute approximate surface area is 133 Å². The minimum absolute atomic E-state index is 0.0831. The van der Waals surface area contributed by atoms with Crippen LogP contribution in [-0.2, 0) is 9.53 Å². The largest absolute Gasteiger partial charge is 0.465 e. The minimum atomic E-state index is -0.0831. The summed E-state index contributed by atoms with van der Waals surface area (Å²) in [4.78, 5) is 13.3. The highest BCUT2D eigenvalue weighted by molar-refractivity contribution is 8.76. The van der Waals surface area contributed by atoms with E-state index in [-0.39, 0.29) is 5.97 Å². The van der Waals surface area contributed by atoms with Gasteiger partial charge in [-0.3, -0.25) is 4.79 Å². The number of ether oxygens (including phenoxy) is 1. The molecule has 0 saturated carbocycles. The van der Waals surface area contributed by atoms with Crippen molar-refractivity contribution >= 4 is 27.6 Å². The van der Waals surface area contributed by atoms with E-state index in [2.05, 4.69) is 6.92 Å². The summed E-state index contributed by atoms with van der Waals surface area (Å²) in [5, 5.41) is 0. The SMILES string of the molecule is CCCCCCCCSSCCOC(=O)CCN(C)C. The predicted molar refractivity (Wildman–Crippen MR) is 92.4 cm³/mol. The van der Waals surface area contributed by atoms with Crippen LogP contribution in [0.1, 0.15) is 51.9 Å². The molecule has 0 spiro atoms. The second-order valence-corrected chi connectivity index (χ2v) is 7.89. The van der Waals surface area contributed by atoms with Gasteiger partial charge in [0.05, 0.1) is 6.42 Å². The Morgan fingerprint density at radius 2 is 1.65 bits per heavy atom. The molecule has 5 heteroatoms. The van der Waals surface area contributed by atoms with Crippen molar-refractivity contribution in [3.8, 4) is 0 Å². The van der Waals surface area contributed by atoms with Gasteiger partial charge in [0.2, 0.25) is 0 Å². The normalized spacial score (nSPS) is 11.0. The quantitative estimate of drug-likeness (QED) is 0.271. The van der Waals surface area contributed by atoms with E-state index in [0.29, 0.717) is 13.0 Å². The van der Waals surface area contributed by atoms with Crippen LogP contribution >= 0.6 is 21.6 Å². The summed E-state index contributed by atoms with van der Waals surface area (Å²) >= 11 is 0. The first kappa shape index (κ1) is 20.1. The number of hydrogen-bond donors (Lipinski definition) is 0. The molecule has 0 aromatic rings. The summed E-state index contributed by atoms with van der Waals surface area (Å²) in [5.74, 6) is 2.03. The maximum atomic E-state index is 11.3. The van der Waals surface area contributed by atoms with E-state index in [4.69, 9.17) is 4.74 Å². The van der Waals surface area contributed by atoms with Gasteiger partial charge < -0.3 is 9.64 Å². The molecular formula is C15H31NO2S2. The molecule has 0 N–H and O–H groups in total. The fourth-order valence-corrected chi connectivity index (χ4v) is 3.61. The van der Waals surface area contributed by atoms with Gasteiger partial charge in [-0.1, -0.05) is 60.6 Å². The van der Waals surface area contributed by atoms with Gasteiger partial charge in [0, 0.05) is 18.1 Å². The summed E-state index contributed by atoms with van der Waals surface area (Å²) < 4.78 is 5.16. The van der Waals surface area contributed by atoms with Gasteiger partial charge in [0.1, 0.15) is 6.61 Å². The molecule has 0 aromatic carbocycles. The molecule has 0 bridgehead atoms. The van der Waals surface area contributed by atoms with E-state index in [1.165, 1.54) is 44.3 Å². The van der Waals surface area contributed by atoms with Crippen LogP contribution in [-0.4, -0.2) is 49.6 Å². The van der Waals surface area contributed by atoms with E-state index in [1.54, 1.807) is 0 Å². The van der Waals surface area contributed by atoms with Gasteiger partial charge in [-0.25, -0.2) is 0 Å². The molecule has 0 radical (unpaired) electrons. The molecule has 0 heterocycles. The average molecular weight is 322 g/mol. The number of carbonyl (C=O) groups is 1. The van der Waals surface area contributed by atoms with Crippen LogP contribution in [0.3, 0.4) is 0 Å². The Kier molecular flexibility index (Phi) is 15.6. The van der Waals surface area contributed by atoms with Gasteiger partial charge in [-0.05, 0) is 20.5 Å². The lowest BCUT2D eigenvalue weighted by molar-refractivity contribution is -0.143. The van der Waals surface area contributed by atoms with Gasteiger partial charge in [0.25, 0.3) is 0 Å². The molecule has 3 nitrogen and oxygen atoms in total. The molecule has 0 rings (SSSR count). The second-order valence-electron chi connectivity index (χ2n) is 5.19. The van der Waals surface area contributed by atoms with E-state index in [0.717, 1.165) is 12.3 Å². The highest BCUT2D eigenvalue weighted by Crippen LogP contribution is 2.22. The Hall–Kier alpha value is 0.130. The number of carbonyl (C=O) groups excluding carboxylic acids is 1. The monoisotopic (exact) mass is 321 g/mol. The molecule has 0 aromatic heterocycles. The zero-order valence-corrected chi connectivity index (χ0v) is 15.0. The Morgan fingerprint density at radius 3 is 2.35 bits per heavy atom. The third-order valence-electron chi connectivity index (χ3n) is 2.86. The number of nitrogens with zero attached hydrogens (tertiary/aromatic N) is 1. The van der Waals surface area contributed by atoms with Crippen molar-refractivity contribution in [3.63, 3.8) is 0 Å². The Bertz CT molecular complexity index is 226. The molecular weight excluding hydrogens is 290 g/mol. The average Bonchev–Trinajstić information content (AvgIpc) is 2.42. The van der Waals surface area contributed by atoms with Crippen molar-refractivity contribution in [1.29, 1.82) is 0 Å². The van der Waals surface area contributed by atoms with Crippen molar-refractivity contribution in [2.45, 2.75) is 51.9 Å². The maximum Gasteiger partial charge on any atom is 0.307 e. The Morgan fingerprint density at radius 1 is 1.00 bits per heavy atom. The molecule has 0 unspecified atom stereocenters. The zero-order chi connectivity index (χ0) is 15.1. The number of unbranched alkanes of at least 4 members (excludes halogenated alkanes) is 5. The highest BCUT2D eigenvalue weighted by Gasteiger charge is 2.03. The third-order valence-corrected chi connectivity index (χ3v) is 5.31. The van der Waals surface area contributed by atoms with Gasteiger partial charge in [-0.2, -0.15) is 0 Å². The minimum Gasteiger partial charge on any atom is -0.465 e. The number of hydrogen-bond acceptors (Lipinski definition) is 5. The molecule has 120 valence electrons. The smallest absolute Gasteiger partial charge is 0.307 e. The topological polar surface area (TPSA) is 29.5 Å². The van der Waals surface area contributed by atoms with Crippen LogP contribution in [0, 0.1) is 0 Å². The lowest BCUT2D eigenvalue weighted by Gasteiger charge is -2.08. The van der Waals surface area contributed by atoms with Crippen molar-refractivity contribution in [1.82, 2.24) is 4.90 Å². The second kappa shape index (κ2) is 15.5. The van der Waals surface area contributed by atoms with Crippen LogP contribution < -0.4 is 0 Å². The lowest BCUT2D eigenvalue weighted by atomic mass is 10.1. The van der Waals surface area contributed by atoms with Crippen LogP contribution in [0.25, 0.3) is 0 Å². The zero-order valence-electron chi connectivity index (χ0n) is 13.4. The first-order valence-electron chi connectivity index (χ1n) is 7.71. The maximum absolute atomic E-state index is 11.3. The fourth-order valence-electron chi connectivity index (χ4n) is 1.64. The van der Waals surface area contributed by atoms with E-state index >= 15 is 0 Å². The highest BCUT2D eigenvalue weighted by atomic mass is 33.1. The van der Waals surface area contributed by atoms with Gasteiger partial charge in [0.15, 0.2) is 0 Å². The Balaban J connectivity index is 3.11. The number of rotatable bonds is 14. The lowest BCUT2D eigenvalue weighted by Crippen LogP contribution is -2.18. The fraction of sp³-hybridized carbons (Fsp3) is 0.933. The van der Waals surface area contributed by atoms with E-state index in [1.807, 2.05) is 40.6 Å².